The van der Waals surface area contributed by atoms with Crippen molar-refractivity contribution in [3.63, 3.8) is 0 Å². The molecule has 0 saturated carbocycles. The molecule has 0 radical (unpaired) electrons. The van der Waals surface area contributed by atoms with E-state index in [9.17, 15) is 0 Å². The molecule has 1 aromatic carbocycles. The van der Waals surface area contributed by atoms with Gasteiger partial charge < -0.3 is 10.3 Å². The fourth-order valence-electron chi connectivity index (χ4n) is 2.07. The lowest BCUT2D eigenvalue weighted by Gasteiger charge is -1.93. The third-order valence-corrected chi connectivity index (χ3v) is 3.89. The molecule has 8 heteroatoms. The molecule has 21 heavy (non-hydrogen) atoms. The molecule has 3 aromatic heterocycles. The second-order valence-corrected chi connectivity index (χ2v) is 5.62. The van der Waals surface area contributed by atoms with Gasteiger partial charge in [-0.25, -0.2) is 4.98 Å². The molecule has 0 spiro atoms. The Hall–Kier alpha value is -2.74. The number of fused-ring (bicyclic) bond motifs is 1. The molecule has 0 amide bonds. The van der Waals surface area contributed by atoms with Crippen molar-refractivity contribution in [3.8, 4) is 22.8 Å². The predicted octanol–water partition coefficient (Wildman–Crippen LogP) is 2.33. The molecule has 0 aliphatic rings. The van der Waals surface area contributed by atoms with Crippen LogP contribution in [0.5, 0.6) is 0 Å². The van der Waals surface area contributed by atoms with Crippen molar-refractivity contribution < 1.29 is 4.52 Å². The molecule has 0 aliphatic carbocycles. The topological polar surface area (TPSA) is 95.7 Å². The second kappa shape index (κ2) is 4.38. The minimum atomic E-state index is 0.461. The summed E-state index contributed by atoms with van der Waals surface area (Å²) in [6, 6.07) is 5.73. The number of nitrogens with zero attached hydrogens (tertiary/aromatic N) is 5. The molecule has 104 valence electrons. The van der Waals surface area contributed by atoms with Crippen molar-refractivity contribution in [2.24, 2.45) is 7.05 Å². The number of hydrogen-bond acceptors (Lipinski definition) is 7. The summed E-state index contributed by atoms with van der Waals surface area (Å²) in [6.07, 6.45) is 3.53. The Morgan fingerprint density at radius 1 is 1.24 bits per heavy atom. The summed E-state index contributed by atoms with van der Waals surface area (Å²) in [5.74, 6) is 0.977. The molecule has 7 nitrogen and oxygen atoms in total. The van der Waals surface area contributed by atoms with Gasteiger partial charge in [-0.15, -0.1) is 0 Å². The van der Waals surface area contributed by atoms with E-state index in [2.05, 4.69) is 20.2 Å². The van der Waals surface area contributed by atoms with Gasteiger partial charge in [0.25, 0.3) is 5.89 Å². The molecule has 0 unspecified atom stereocenters. The highest BCUT2D eigenvalue weighted by Gasteiger charge is 2.13. The van der Waals surface area contributed by atoms with Crippen molar-refractivity contribution in [1.82, 2.24) is 24.9 Å². The van der Waals surface area contributed by atoms with Crippen LogP contribution in [-0.4, -0.2) is 24.9 Å². The third kappa shape index (κ3) is 2.05. The fraction of sp³-hybridized carbons (Fsp3) is 0.0769. The van der Waals surface area contributed by atoms with Gasteiger partial charge >= 0.3 is 0 Å². The summed E-state index contributed by atoms with van der Waals surface area (Å²) < 4.78 is 8.01. The number of thiazole rings is 1. The number of aryl methyl sites for hydroxylation is 1. The average molecular weight is 298 g/mol. The Labute approximate surface area is 123 Å². The van der Waals surface area contributed by atoms with Gasteiger partial charge in [-0.05, 0) is 18.2 Å². The Morgan fingerprint density at radius 2 is 2.14 bits per heavy atom. The highest BCUT2D eigenvalue weighted by molar-refractivity contribution is 7.22. The van der Waals surface area contributed by atoms with E-state index in [1.54, 1.807) is 10.9 Å². The zero-order chi connectivity index (χ0) is 14.4. The first kappa shape index (κ1) is 12.0. The number of rotatable bonds is 2. The van der Waals surface area contributed by atoms with Gasteiger partial charge in [-0.3, -0.25) is 4.68 Å². The van der Waals surface area contributed by atoms with Crippen molar-refractivity contribution in [2.75, 3.05) is 5.73 Å². The Kier molecular flexibility index (Phi) is 2.51. The van der Waals surface area contributed by atoms with Gasteiger partial charge in [0.15, 0.2) is 5.13 Å². The third-order valence-electron chi connectivity index (χ3n) is 3.04. The molecular weight excluding hydrogens is 288 g/mol. The van der Waals surface area contributed by atoms with Crippen LogP contribution in [0.25, 0.3) is 33.1 Å². The van der Waals surface area contributed by atoms with Gasteiger partial charge in [0, 0.05) is 18.8 Å². The lowest BCUT2D eigenvalue weighted by Crippen LogP contribution is -1.84. The van der Waals surface area contributed by atoms with E-state index in [-0.39, 0.29) is 0 Å². The van der Waals surface area contributed by atoms with Crippen molar-refractivity contribution >= 4 is 26.7 Å². The van der Waals surface area contributed by atoms with Crippen LogP contribution in [0.15, 0.2) is 35.1 Å². The number of anilines is 1. The van der Waals surface area contributed by atoms with Gasteiger partial charge in [-0.2, -0.15) is 10.1 Å². The lowest BCUT2D eigenvalue weighted by molar-refractivity contribution is 0.432. The maximum atomic E-state index is 5.71. The number of benzene rings is 1. The normalized spacial score (nSPS) is 11.3. The van der Waals surface area contributed by atoms with E-state index in [4.69, 9.17) is 10.3 Å². The van der Waals surface area contributed by atoms with Crippen LogP contribution in [0, 0.1) is 0 Å². The highest BCUT2D eigenvalue weighted by atomic mass is 32.1. The second-order valence-electron chi connectivity index (χ2n) is 4.56. The van der Waals surface area contributed by atoms with Crippen LogP contribution in [-0.2, 0) is 7.05 Å². The van der Waals surface area contributed by atoms with E-state index in [0.29, 0.717) is 16.8 Å². The summed E-state index contributed by atoms with van der Waals surface area (Å²) in [5.41, 5.74) is 8.23. The summed E-state index contributed by atoms with van der Waals surface area (Å²) in [7, 11) is 1.84. The van der Waals surface area contributed by atoms with Crippen LogP contribution >= 0.6 is 11.3 Å². The number of nitrogen functional groups attached to an aromatic ring is 1. The van der Waals surface area contributed by atoms with Gasteiger partial charge in [-0.1, -0.05) is 16.5 Å². The van der Waals surface area contributed by atoms with E-state index in [1.807, 2.05) is 31.4 Å². The first-order chi connectivity index (χ1) is 10.2. The molecule has 4 rings (SSSR count). The van der Waals surface area contributed by atoms with Crippen LogP contribution in [0.2, 0.25) is 0 Å². The van der Waals surface area contributed by atoms with E-state index in [1.165, 1.54) is 11.3 Å². The summed E-state index contributed by atoms with van der Waals surface area (Å²) in [6.45, 7) is 0. The maximum absolute atomic E-state index is 5.71. The van der Waals surface area contributed by atoms with E-state index in [0.717, 1.165) is 21.3 Å². The average Bonchev–Trinajstić information content (AvgIpc) is 3.15. The van der Waals surface area contributed by atoms with Gasteiger partial charge in [0.05, 0.1) is 22.0 Å². The molecule has 0 atom stereocenters. The molecule has 0 fully saturated rings. The zero-order valence-corrected chi connectivity index (χ0v) is 11.8. The van der Waals surface area contributed by atoms with Gasteiger partial charge in [0.2, 0.25) is 5.82 Å². The Balaban J connectivity index is 1.76. The molecule has 0 bridgehead atoms. The predicted molar refractivity (Wildman–Crippen MR) is 79.5 cm³/mol. The summed E-state index contributed by atoms with van der Waals surface area (Å²) >= 11 is 1.43. The van der Waals surface area contributed by atoms with Crippen LogP contribution < -0.4 is 5.73 Å². The van der Waals surface area contributed by atoms with Crippen LogP contribution in [0.3, 0.4) is 0 Å². The highest BCUT2D eigenvalue weighted by Crippen LogP contribution is 2.29. The monoisotopic (exact) mass is 298 g/mol. The first-order valence-electron chi connectivity index (χ1n) is 6.18. The quantitative estimate of drug-likeness (QED) is 0.610. The van der Waals surface area contributed by atoms with Gasteiger partial charge in [0.1, 0.15) is 0 Å². The molecular formula is C13H10N6OS. The smallest absolute Gasteiger partial charge is 0.258 e. The van der Waals surface area contributed by atoms with E-state index < -0.39 is 0 Å². The molecule has 3 heterocycles. The molecule has 0 saturated heterocycles. The standard InChI is InChI=1S/C13H10N6OS/c1-19-6-8(5-15-19)11-17-12(20-18-11)7-2-3-9-10(4-7)21-13(14)16-9/h2-6H,1H3,(H2,14,16). The SMILES string of the molecule is Cn1cc(-c2noc(-c3ccc4nc(N)sc4c3)n2)cn1. The van der Waals surface area contributed by atoms with Crippen molar-refractivity contribution in [2.45, 2.75) is 0 Å². The van der Waals surface area contributed by atoms with Crippen molar-refractivity contribution in [3.05, 3.63) is 30.6 Å². The Bertz CT molecular complexity index is 937. The number of nitrogens with two attached hydrogens (primary N) is 1. The minimum absolute atomic E-state index is 0.461. The minimum Gasteiger partial charge on any atom is -0.375 e. The molecule has 4 aromatic rings. The largest absolute Gasteiger partial charge is 0.375 e. The maximum Gasteiger partial charge on any atom is 0.258 e. The summed E-state index contributed by atoms with van der Waals surface area (Å²) in [5, 5.41) is 8.62. The Morgan fingerprint density at radius 3 is 2.95 bits per heavy atom. The zero-order valence-electron chi connectivity index (χ0n) is 11.0. The first-order valence-corrected chi connectivity index (χ1v) is 7.00. The molecule has 2 N–H and O–H groups in total. The molecule has 0 aliphatic heterocycles. The number of aromatic nitrogens is 5. The fourth-order valence-corrected chi connectivity index (χ4v) is 2.84. The van der Waals surface area contributed by atoms with E-state index >= 15 is 0 Å². The van der Waals surface area contributed by atoms with Crippen LogP contribution in [0.4, 0.5) is 5.13 Å². The lowest BCUT2D eigenvalue weighted by atomic mass is 10.2. The van der Waals surface area contributed by atoms with Crippen molar-refractivity contribution in [1.29, 1.82) is 0 Å². The summed E-state index contributed by atoms with van der Waals surface area (Å²) in [4.78, 5) is 8.62. The van der Waals surface area contributed by atoms with Crippen LogP contribution in [0.1, 0.15) is 0 Å². The number of hydrogen-bond donors (Lipinski definition) is 1.